The Kier molecular flexibility index (Phi) is 7.00. The maximum Gasteiger partial charge on any atom is 0.251 e. The molecular formula is C12H21N3O2S. The first-order chi connectivity index (χ1) is 8.65. The molecule has 18 heavy (non-hydrogen) atoms. The van der Waals surface area contributed by atoms with Crippen LogP contribution in [0, 0.1) is 0 Å². The highest BCUT2D eigenvalue weighted by Crippen LogP contribution is 2.13. The number of H-pyrrole nitrogens is 1. The van der Waals surface area contributed by atoms with Crippen molar-refractivity contribution in [3.05, 3.63) is 22.1 Å². The largest absolute Gasteiger partial charge is 0.391 e. The average Bonchev–Trinajstić information content (AvgIpc) is 2.33. The SMILES string of the molecule is CCCc1cc(=O)[nH]c(SCC(O)CNCC)n1. The Hall–Kier alpha value is -0.850. The van der Waals surface area contributed by atoms with E-state index in [-0.39, 0.29) is 5.56 Å². The Morgan fingerprint density at radius 1 is 1.56 bits per heavy atom. The fourth-order valence-corrected chi connectivity index (χ4v) is 2.30. The summed E-state index contributed by atoms with van der Waals surface area (Å²) in [7, 11) is 0. The Bertz CT molecular complexity index is 409. The van der Waals surface area contributed by atoms with Crippen LogP contribution in [0.1, 0.15) is 26.0 Å². The molecule has 0 aliphatic carbocycles. The van der Waals surface area contributed by atoms with E-state index >= 15 is 0 Å². The van der Waals surface area contributed by atoms with Gasteiger partial charge in [0, 0.05) is 24.1 Å². The first kappa shape index (κ1) is 15.2. The van der Waals surface area contributed by atoms with E-state index in [2.05, 4.69) is 22.2 Å². The summed E-state index contributed by atoms with van der Waals surface area (Å²) < 4.78 is 0. The van der Waals surface area contributed by atoms with Crippen LogP contribution in [-0.2, 0) is 6.42 Å². The Morgan fingerprint density at radius 3 is 3.00 bits per heavy atom. The van der Waals surface area contributed by atoms with Gasteiger partial charge in [-0.05, 0) is 13.0 Å². The number of nitrogens with one attached hydrogen (secondary N) is 2. The predicted octanol–water partition coefficient (Wildman–Crippen LogP) is 0.785. The highest BCUT2D eigenvalue weighted by Gasteiger charge is 2.07. The number of aliphatic hydroxyl groups is 1. The first-order valence-corrected chi connectivity index (χ1v) is 7.26. The smallest absolute Gasteiger partial charge is 0.251 e. The van der Waals surface area contributed by atoms with Gasteiger partial charge in [0.1, 0.15) is 0 Å². The minimum atomic E-state index is -0.435. The van der Waals surface area contributed by atoms with Crippen LogP contribution in [0.4, 0.5) is 0 Å². The van der Waals surface area contributed by atoms with Gasteiger partial charge in [0.15, 0.2) is 5.16 Å². The highest BCUT2D eigenvalue weighted by atomic mass is 32.2. The molecule has 0 radical (unpaired) electrons. The van der Waals surface area contributed by atoms with Crippen molar-refractivity contribution in [1.82, 2.24) is 15.3 Å². The first-order valence-electron chi connectivity index (χ1n) is 6.27. The zero-order chi connectivity index (χ0) is 13.4. The Morgan fingerprint density at radius 2 is 2.33 bits per heavy atom. The van der Waals surface area contributed by atoms with Crippen molar-refractivity contribution in [2.75, 3.05) is 18.8 Å². The minimum Gasteiger partial charge on any atom is -0.391 e. The van der Waals surface area contributed by atoms with Gasteiger partial charge in [0.2, 0.25) is 0 Å². The number of aromatic nitrogens is 2. The summed E-state index contributed by atoms with van der Waals surface area (Å²) in [4.78, 5) is 18.5. The molecule has 102 valence electrons. The second-order valence-corrected chi connectivity index (χ2v) is 5.07. The highest BCUT2D eigenvalue weighted by molar-refractivity contribution is 7.99. The van der Waals surface area contributed by atoms with E-state index in [0.717, 1.165) is 25.1 Å². The van der Waals surface area contributed by atoms with Crippen LogP contribution < -0.4 is 10.9 Å². The monoisotopic (exact) mass is 271 g/mol. The number of likely N-dealkylation sites (N-methyl/N-ethyl adjacent to an activating group) is 1. The van der Waals surface area contributed by atoms with E-state index < -0.39 is 6.10 Å². The molecule has 0 aliphatic rings. The topological polar surface area (TPSA) is 78.0 Å². The summed E-state index contributed by atoms with van der Waals surface area (Å²) in [6, 6.07) is 1.53. The summed E-state index contributed by atoms with van der Waals surface area (Å²) in [5.41, 5.74) is 0.682. The van der Waals surface area contributed by atoms with Crippen LogP contribution in [0.25, 0.3) is 0 Å². The van der Waals surface area contributed by atoms with Gasteiger partial charge in [-0.3, -0.25) is 4.79 Å². The van der Waals surface area contributed by atoms with Gasteiger partial charge in [-0.15, -0.1) is 0 Å². The summed E-state index contributed by atoms with van der Waals surface area (Å²) in [6.45, 7) is 5.44. The van der Waals surface area contributed by atoms with Crippen LogP contribution in [0.15, 0.2) is 16.0 Å². The molecule has 1 rings (SSSR count). The van der Waals surface area contributed by atoms with E-state index in [1.165, 1.54) is 17.8 Å². The molecule has 0 saturated carbocycles. The van der Waals surface area contributed by atoms with Crippen LogP contribution >= 0.6 is 11.8 Å². The minimum absolute atomic E-state index is 0.128. The molecule has 1 heterocycles. The summed E-state index contributed by atoms with van der Waals surface area (Å²) in [5.74, 6) is 0.519. The number of hydrogen-bond acceptors (Lipinski definition) is 5. The average molecular weight is 271 g/mol. The lowest BCUT2D eigenvalue weighted by atomic mass is 10.2. The van der Waals surface area contributed by atoms with Gasteiger partial charge < -0.3 is 15.4 Å². The van der Waals surface area contributed by atoms with E-state index in [1.54, 1.807) is 0 Å². The molecule has 1 aromatic heterocycles. The molecule has 0 saturated heterocycles. The third-order valence-corrected chi connectivity index (χ3v) is 3.34. The van der Waals surface area contributed by atoms with Crippen LogP contribution in [-0.4, -0.2) is 40.0 Å². The lowest BCUT2D eigenvalue weighted by Crippen LogP contribution is -2.28. The number of nitrogens with zero attached hydrogens (tertiary/aromatic N) is 1. The lowest BCUT2D eigenvalue weighted by Gasteiger charge is -2.10. The number of aryl methyl sites for hydroxylation is 1. The number of hydrogen-bond donors (Lipinski definition) is 3. The van der Waals surface area contributed by atoms with Gasteiger partial charge >= 0.3 is 0 Å². The van der Waals surface area contributed by atoms with Gasteiger partial charge in [-0.2, -0.15) is 0 Å². The lowest BCUT2D eigenvalue weighted by molar-refractivity contribution is 0.196. The van der Waals surface area contributed by atoms with Crippen LogP contribution in [0.5, 0.6) is 0 Å². The maximum atomic E-state index is 11.4. The molecule has 0 aromatic carbocycles. The Balaban J connectivity index is 2.53. The molecule has 0 fully saturated rings. The van der Waals surface area contributed by atoms with Crippen LogP contribution in [0.3, 0.4) is 0 Å². The molecule has 1 atom stereocenters. The van der Waals surface area contributed by atoms with E-state index in [0.29, 0.717) is 17.5 Å². The maximum absolute atomic E-state index is 11.4. The zero-order valence-electron chi connectivity index (χ0n) is 10.9. The van der Waals surface area contributed by atoms with Crippen molar-refractivity contribution < 1.29 is 5.11 Å². The number of rotatable bonds is 8. The molecule has 3 N–H and O–H groups in total. The van der Waals surface area contributed by atoms with E-state index in [1.807, 2.05) is 6.92 Å². The quantitative estimate of drug-likeness (QED) is 0.481. The van der Waals surface area contributed by atoms with Gasteiger partial charge in [0.05, 0.1) is 6.10 Å². The standard InChI is InChI=1S/C12H21N3O2S/c1-3-5-9-6-11(17)15-12(14-9)18-8-10(16)7-13-4-2/h6,10,13,16H,3-5,7-8H2,1-2H3,(H,14,15,17). The Labute approximate surface area is 111 Å². The molecule has 0 spiro atoms. The van der Waals surface area contributed by atoms with E-state index in [9.17, 15) is 9.90 Å². The predicted molar refractivity (Wildman–Crippen MR) is 74.1 cm³/mol. The molecule has 0 amide bonds. The second kappa shape index (κ2) is 8.29. The van der Waals surface area contributed by atoms with Crippen molar-refractivity contribution in [2.45, 2.75) is 37.9 Å². The summed E-state index contributed by atoms with van der Waals surface area (Å²) in [6.07, 6.45) is 1.33. The molecule has 1 unspecified atom stereocenters. The van der Waals surface area contributed by atoms with Crippen molar-refractivity contribution >= 4 is 11.8 Å². The zero-order valence-corrected chi connectivity index (χ0v) is 11.7. The van der Waals surface area contributed by atoms with Crippen molar-refractivity contribution in [2.24, 2.45) is 0 Å². The van der Waals surface area contributed by atoms with Gasteiger partial charge in [-0.25, -0.2) is 4.98 Å². The molecule has 6 heteroatoms. The summed E-state index contributed by atoms with van der Waals surface area (Å²) in [5, 5.41) is 13.3. The van der Waals surface area contributed by atoms with Gasteiger partial charge in [-0.1, -0.05) is 32.0 Å². The van der Waals surface area contributed by atoms with Gasteiger partial charge in [0.25, 0.3) is 5.56 Å². The molecule has 1 aromatic rings. The normalized spacial score (nSPS) is 12.6. The molecular weight excluding hydrogens is 250 g/mol. The third kappa shape index (κ3) is 5.66. The molecule has 5 nitrogen and oxygen atoms in total. The summed E-state index contributed by atoms with van der Waals surface area (Å²) >= 11 is 1.38. The number of aromatic amines is 1. The number of thioether (sulfide) groups is 1. The molecule has 0 bridgehead atoms. The fourth-order valence-electron chi connectivity index (χ4n) is 1.48. The second-order valence-electron chi connectivity index (χ2n) is 4.06. The van der Waals surface area contributed by atoms with E-state index in [4.69, 9.17) is 0 Å². The van der Waals surface area contributed by atoms with Crippen LogP contribution in [0.2, 0.25) is 0 Å². The fraction of sp³-hybridized carbons (Fsp3) is 0.667. The number of aliphatic hydroxyl groups excluding tert-OH is 1. The third-order valence-electron chi connectivity index (χ3n) is 2.32. The van der Waals surface area contributed by atoms with Crippen molar-refractivity contribution in [3.8, 4) is 0 Å². The van der Waals surface area contributed by atoms with Crippen molar-refractivity contribution in [3.63, 3.8) is 0 Å². The molecule has 0 aliphatic heterocycles. The van der Waals surface area contributed by atoms with Crippen molar-refractivity contribution in [1.29, 1.82) is 0 Å².